The van der Waals surface area contributed by atoms with Crippen LogP contribution in [0.5, 0.6) is 0 Å². The lowest BCUT2D eigenvalue weighted by molar-refractivity contribution is -0.139. The fourth-order valence-electron chi connectivity index (χ4n) is 2.62. The number of halogens is 1. The normalized spacial score (nSPS) is 26.2. The Morgan fingerprint density at radius 1 is 1.55 bits per heavy atom. The van der Waals surface area contributed by atoms with Crippen molar-refractivity contribution in [2.45, 2.75) is 38.3 Å². The van der Waals surface area contributed by atoms with Crippen LogP contribution in [0.2, 0.25) is 0 Å². The summed E-state index contributed by atoms with van der Waals surface area (Å²) < 4.78 is 5.57. The van der Waals surface area contributed by atoms with Crippen molar-refractivity contribution in [3.05, 3.63) is 0 Å². The maximum absolute atomic E-state index is 12.3. The Morgan fingerprint density at radius 3 is 3.00 bits per heavy atom. The van der Waals surface area contributed by atoms with Gasteiger partial charge in [0.25, 0.3) is 0 Å². The van der Waals surface area contributed by atoms with Crippen LogP contribution in [-0.2, 0) is 14.3 Å². The van der Waals surface area contributed by atoms with Gasteiger partial charge in [0.15, 0.2) is 0 Å². The highest BCUT2D eigenvalue weighted by Gasteiger charge is 2.32. The van der Waals surface area contributed by atoms with Crippen molar-refractivity contribution in [3.8, 4) is 0 Å². The van der Waals surface area contributed by atoms with E-state index in [-0.39, 0.29) is 42.8 Å². The number of carbonyl (C=O) groups is 2. The summed E-state index contributed by atoms with van der Waals surface area (Å²) >= 11 is 0. The first-order valence-electron chi connectivity index (χ1n) is 7.11. The number of rotatable bonds is 5. The number of carbonyl (C=O) groups excluding carboxylic acids is 2. The van der Waals surface area contributed by atoms with E-state index in [0.29, 0.717) is 19.6 Å². The van der Waals surface area contributed by atoms with Crippen molar-refractivity contribution < 1.29 is 14.3 Å². The summed E-state index contributed by atoms with van der Waals surface area (Å²) in [6.45, 7) is 5.37. The zero-order valence-corrected chi connectivity index (χ0v) is 12.7. The molecule has 0 saturated carbocycles. The minimum atomic E-state index is -0.387. The zero-order chi connectivity index (χ0) is 13.7. The van der Waals surface area contributed by atoms with Crippen molar-refractivity contribution in [1.29, 1.82) is 0 Å². The van der Waals surface area contributed by atoms with Gasteiger partial charge in [-0.2, -0.15) is 0 Å². The molecule has 2 aliphatic heterocycles. The molecule has 0 aromatic carbocycles. The molecule has 2 saturated heterocycles. The molecule has 2 heterocycles. The van der Waals surface area contributed by atoms with Gasteiger partial charge in [0.1, 0.15) is 0 Å². The predicted molar refractivity (Wildman–Crippen MR) is 77.9 cm³/mol. The van der Waals surface area contributed by atoms with Crippen LogP contribution in [0.25, 0.3) is 0 Å². The Balaban J connectivity index is 0.00000200. The molecule has 0 aromatic heterocycles. The maximum atomic E-state index is 12.3. The molecule has 116 valence electrons. The molecule has 0 radical (unpaired) electrons. The quantitative estimate of drug-likeness (QED) is 0.745. The summed E-state index contributed by atoms with van der Waals surface area (Å²) in [5.74, 6) is -0.0553. The van der Waals surface area contributed by atoms with Crippen LogP contribution in [0.15, 0.2) is 0 Å². The van der Waals surface area contributed by atoms with E-state index >= 15 is 0 Å². The van der Waals surface area contributed by atoms with Crippen LogP contribution in [-0.4, -0.2) is 61.6 Å². The summed E-state index contributed by atoms with van der Waals surface area (Å²) in [7, 11) is 0. The highest BCUT2D eigenvalue weighted by molar-refractivity contribution is 5.88. The van der Waals surface area contributed by atoms with Crippen LogP contribution in [0.1, 0.15) is 26.2 Å². The molecule has 0 spiro atoms. The third-order valence-corrected chi connectivity index (χ3v) is 3.59. The third-order valence-electron chi connectivity index (χ3n) is 3.59. The summed E-state index contributed by atoms with van der Waals surface area (Å²) in [5, 5.41) is 5.85. The molecule has 2 atom stereocenters. The van der Waals surface area contributed by atoms with Crippen molar-refractivity contribution in [2.75, 3.05) is 32.8 Å². The molecule has 2 fully saturated rings. The second-order valence-electron chi connectivity index (χ2n) is 5.08. The van der Waals surface area contributed by atoms with Crippen molar-refractivity contribution >= 4 is 24.2 Å². The van der Waals surface area contributed by atoms with Crippen LogP contribution < -0.4 is 10.6 Å². The molecule has 0 aliphatic carbocycles. The SMILES string of the molecule is CCNC(=O)CC1NCCN(CC2CCCO2)C1=O.Cl. The average molecular weight is 306 g/mol. The second-order valence-corrected chi connectivity index (χ2v) is 5.08. The van der Waals surface area contributed by atoms with Crippen LogP contribution in [0.4, 0.5) is 0 Å². The number of hydrogen-bond acceptors (Lipinski definition) is 4. The predicted octanol–water partition coefficient (Wildman–Crippen LogP) is -0.0862. The molecule has 6 nitrogen and oxygen atoms in total. The zero-order valence-electron chi connectivity index (χ0n) is 11.9. The van der Waals surface area contributed by atoms with Gasteiger partial charge in [0.2, 0.25) is 11.8 Å². The molecule has 2 N–H and O–H groups in total. The number of ether oxygens (including phenoxy) is 1. The average Bonchev–Trinajstić information content (AvgIpc) is 2.87. The molecule has 7 heteroatoms. The van der Waals surface area contributed by atoms with Gasteiger partial charge in [-0.25, -0.2) is 0 Å². The highest BCUT2D eigenvalue weighted by atomic mass is 35.5. The summed E-state index contributed by atoms with van der Waals surface area (Å²) in [6.07, 6.45) is 2.49. The van der Waals surface area contributed by atoms with Crippen LogP contribution >= 0.6 is 12.4 Å². The van der Waals surface area contributed by atoms with E-state index < -0.39 is 0 Å². The summed E-state index contributed by atoms with van der Waals surface area (Å²) in [5.41, 5.74) is 0. The van der Waals surface area contributed by atoms with Gasteiger partial charge in [-0.1, -0.05) is 0 Å². The van der Waals surface area contributed by atoms with Gasteiger partial charge >= 0.3 is 0 Å². The van der Waals surface area contributed by atoms with E-state index in [0.717, 1.165) is 26.0 Å². The number of piperazine rings is 1. The molecule has 2 unspecified atom stereocenters. The highest BCUT2D eigenvalue weighted by Crippen LogP contribution is 2.15. The molecule has 2 aliphatic rings. The summed E-state index contributed by atoms with van der Waals surface area (Å²) in [4.78, 5) is 25.7. The Kier molecular flexibility index (Phi) is 7.26. The lowest BCUT2D eigenvalue weighted by atomic mass is 10.1. The number of amides is 2. The smallest absolute Gasteiger partial charge is 0.240 e. The van der Waals surface area contributed by atoms with Gasteiger partial charge < -0.3 is 20.3 Å². The number of nitrogens with one attached hydrogen (secondary N) is 2. The Labute approximate surface area is 126 Å². The van der Waals surface area contributed by atoms with Gasteiger partial charge in [0.05, 0.1) is 18.6 Å². The van der Waals surface area contributed by atoms with Crippen LogP contribution in [0.3, 0.4) is 0 Å². The van der Waals surface area contributed by atoms with E-state index in [1.807, 2.05) is 11.8 Å². The molecular formula is C13H24ClN3O3. The first kappa shape index (κ1) is 17.2. The van der Waals surface area contributed by atoms with Crippen molar-refractivity contribution in [2.24, 2.45) is 0 Å². The minimum Gasteiger partial charge on any atom is -0.376 e. The van der Waals surface area contributed by atoms with Crippen molar-refractivity contribution in [3.63, 3.8) is 0 Å². The first-order chi connectivity index (χ1) is 9.20. The Bertz CT molecular complexity index is 335. The standard InChI is InChI=1S/C13H23N3O3.ClH/c1-2-14-12(17)8-11-13(18)16(6-5-15-11)9-10-4-3-7-19-10;/h10-11,15H,2-9H2,1H3,(H,14,17);1H. The largest absolute Gasteiger partial charge is 0.376 e. The van der Waals surface area contributed by atoms with E-state index in [1.54, 1.807) is 0 Å². The second kappa shape index (κ2) is 8.44. The fraction of sp³-hybridized carbons (Fsp3) is 0.846. The van der Waals surface area contributed by atoms with Gasteiger partial charge in [-0.05, 0) is 19.8 Å². The number of nitrogens with zero attached hydrogens (tertiary/aromatic N) is 1. The molecular weight excluding hydrogens is 282 g/mol. The lowest BCUT2D eigenvalue weighted by Gasteiger charge is -2.34. The van der Waals surface area contributed by atoms with E-state index in [9.17, 15) is 9.59 Å². The molecule has 20 heavy (non-hydrogen) atoms. The maximum Gasteiger partial charge on any atom is 0.240 e. The molecule has 0 aromatic rings. The fourth-order valence-corrected chi connectivity index (χ4v) is 2.62. The van der Waals surface area contributed by atoms with E-state index in [4.69, 9.17) is 4.74 Å². The number of hydrogen-bond donors (Lipinski definition) is 2. The summed E-state index contributed by atoms with van der Waals surface area (Å²) in [6, 6.07) is -0.387. The third kappa shape index (κ3) is 4.61. The minimum absolute atomic E-state index is 0. The molecule has 2 amide bonds. The Hall–Kier alpha value is -0.850. The van der Waals surface area contributed by atoms with Gasteiger partial charge in [-0.3, -0.25) is 9.59 Å². The molecule has 2 rings (SSSR count). The van der Waals surface area contributed by atoms with Crippen molar-refractivity contribution in [1.82, 2.24) is 15.5 Å². The first-order valence-corrected chi connectivity index (χ1v) is 7.11. The van der Waals surface area contributed by atoms with E-state index in [2.05, 4.69) is 10.6 Å². The van der Waals surface area contributed by atoms with E-state index in [1.165, 1.54) is 0 Å². The monoisotopic (exact) mass is 305 g/mol. The topological polar surface area (TPSA) is 70.7 Å². The Morgan fingerprint density at radius 2 is 2.35 bits per heavy atom. The van der Waals surface area contributed by atoms with Crippen LogP contribution in [0, 0.1) is 0 Å². The van der Waals surface area contributed by atoms with Gasteiger partial charge in [-0.15, -0.1) is 12.4 Å². The molecule has 0 bridgehead atoms. The van der Waals surface area contributed by atoms with Gasteiger partial charge in [0, 0.05) is 32.8 Å². The lowest BCUT2D eigenvalue weighted by Crippen LogP contribution is -2.57.